The zero-order valence-electron chi connectivity index (χ0n) is 11.4. The average Bonchev–Trinajstić information content (AvgIpc) is 2.45. The average molecular weight is 277 g/mol. The molecular formula is C15H17F2N3. The Hall–Kier alpha value is -2.14. The molecule has 5 heteroatoms. The predicted molar refractivity (Wildman–Crippen MR) is 78.8 cm³/mol. The van der Waals surface area contributed by atoms with Gasteiger partial charge in [0.1, 0.15) is 11.6 Å². The summed E-state index contributed by atoms with van der Waals surface area (Å²) < 4.78 is 27.0. The second-order valence-electron chi connectivity index (χ2n) is 4.34. The number of anilines is 2. The van der Waals surface area contributed by atoms with Crippen molar-refractivity contribution in [3.05, 3.63) is 47.5 Å². The minimum absolute atomic E-state index is 0.248. The maximum Gasteiger partial charge on any atom is 0.133 e. The molecule has 0 spiro atoms. The standard InChI is InChI=1S/C15H17F2N3/c1-19-14-6-5-10(12(8-18)15(14)20-2)11-4-3-9(16)7-13(11)17/h3-7,19-20H,8,18H2,1-2H3. The van der Waals surface area contributed by atoms with Crippen molar-refractivity contribution in [1.82, 2.24) is 0 Å². The third-order valence-corrected chi connectivity index (χ3v) is 3.26. The van der Waals surface area contributed by atoms with E-state index in [1.165, 1.54) is 12.1 Å². The third kappa shape index (κ3) is 2.44. The summed E-state index contributed by atoms with van der Waals surface area (Å²) >= 11 is 0. The largest absolute Gasteiger partial charge is 0.386 e. The Morgan fingerprint density at radius 3 is 2.25 bits per heavy atom. The molecule has 20 heavy (non-hydrogen) atoms. The van der Waals surface area contributed by atoms with E-state index in [0.717, 1.165) is 23.0 Å². The molecule has 0 saturated heterocycles. The lowest BCUT2D eigenvalue weighted by Crippen LogP contribution is -2.07. The van der Waals surface area contributed by atoms with Crippen LogP contribution in [-0.2, 0) is 6.54 Å². The molecule has 2 aromatic rings. The highest BCUT2D eigenvalue weighted by Gasteiger charge is 2.15. The first kappa shape index (κ1) is 14.3. The fourth-order valence-corrected chi connectivity index (χ4v) is 2.31. The molecule has 0 aromatic heterocycles. The molecule has 0 aliphatic rings. The van der Waals surface area contributed by atoms with E-state index in [2.05, 4.69) is 10.6 Å². The molecule has 0 saturated carbocycles. The maximum absolute atomic E-state index is 14.0. The number of halogens is 2. The minimum Gasteiger partial charge on any atom is -0.386 e. The van der Waals surface area contributed by atoms with Crippen molar-refractivity contribution in [2.45, 2.75) is 6.54 Å². The smallest absolute Gasteiger partial charge is 0.133 e. The van der Waals surface area contributed by atoms with Crippen LogP contribution >= 0.6 is 0 Å². The summed E-state index contributed by atoms with van der Waals surface area (Å²) in [5.74, 6) is -1.19. The van der Waals surface area contributed by atoms with E-state index in [4.69, 9.17) is 5.73 Å². The Morgan fingerprint density at radius 1 is 1.00 bits per heavy atom. The number of hydrogen-bond donors (Lipinski definition) is 3. The molecule has 0 bridgehead atoms. The lowest BCUT2D eigenvalue weighted by Gasteiger charge is -2.18. The van der Waals surface area contributed by atoms with Crippen LogP contribution in [0.15, 0.2) is 30.3 Å². The van der Waals surface area contributed by atoms with Crippen LogP contribution in [0.5, 0.6) is 0 Å². The fourth-order valence-electron chi connectivity index (χ4n) is 2.31. The van der Waals surface area contributed by atoms with Crippen LogP contribution in [-0.4, -0.2) is 14.1 Å². The highest BCUT2D eigenvalue weighted by atomic mass is 19.1. The van der Waals surface area contributed by atoms with Crippen molar-refractivity contribution in [3.63, 3.8) is 0 Å². The zero-order valence-corrected chi connectivity index (χ0v) is 11.4. The van der Waals surface area contributed by atoms with E-state index in [0.29, 0.717) is 11.1 Å². The summed E-state index contributed by atoms with van der Waals surface area (Å²) in [4.78, 5) is 0. The molecule has 106 valence electrons. The van der Waals surface area contributed by atoms with Gasteiger partial charge in [-0.05, 0) is 29.3 Å². The quantitative estimate of drug-likeness (QED) is 0.804. The molecule has 0 aliphatic carbocycles. The third-order valence-electron chi connectivity index (χ3n) is 3.26. The van der Waals surface area contributed by atoms with Gasteiger partial charge in [-0.3, -0.25) is 0 Å². The van der Waals surface area contributed by atoms with Crippen LogP contribution in [0, 0.1) is 11.6 Å². The van der Waals surface area contributed by atoms with Crippen LogP contribution in [0.3, 0.4) is 0 Å². The summed E-state index contributed by atoms with van der Waals surface area (Å²) in [6.45, 7) is 0.248. The topological polar surface area (TPSA) is 50.1 Å². The Labute approximate surface area is 116 Å². The number of benzene rings is 2. The summed E-state index contributed by atoms with van der Waals surface area (Å²) in [6, 6.07) is 7.16. The molecule has 0 unspecified atom stereocenters. The van der Waals surface area contributed by atoms with Gasteiger partial charge in [0.05, 0.1) is 11.4 Å². The van der Waals surface area contributed by atoms with Crippen molar-refractivity contribution in [2.75, 3.05) is 24.7 Å². The van der Waals surface area contributed by atoms with E-state index in [9.17, 15) is 8.78 Å². The van der Waals surface area contributed by atoms with E-state index in [1.54, 1.807) is 20.2 Å². The van der Waals surface area contributed by atoms with E-state index < -0.39 is 11.6 Å². The van der Waals surface area contributed by atoms with Gasteiger partial charge in [-0.1, -0.05) is 6.07 Å². The van der Waals surface area contributed by atoms with Crippen molar-refractivity contribution >= 4 is 11.4 Å². The molecule has 3 nitrogen and oxygen atoms in total. The van der Waals surface area contributed by atoms with E-state index in [1.807, 2.05) is 6.07 Å². The van der Waals surface area contributed by atoms with Gasteiger partial charge in [-0.25, -0.2) is 8.78 Å². The molecule has 0 aliphatic heterocycles. The Morgan fingerprint density at radius 2 is 1.70 bits per heavy atom. The first-order valence-electron chi connectivity index (χ1n) is 6.29. The van der Waals surface area contributed by atoms with Crippen LogP contribution < -0.4 is 16.4 Å². The van der Waals surface area contributed by atoms with Gasteiger partial charge in [0, 0.05) is 32.3 Å². The summed E-state index contributed by atoms with van der Waals surface area (Å²) in [6.07, 6.45) is 0. The van der Waals surface area contributed by atoms with Gasteiger partial charge in [-0.15, -0.1) is 0 Å². The van der Waals surface area contributed by atoms with Crippen molar-refractivity contribution in [2.24, 2.45) is 5.73 Å². The molecule has 0 radical (unpaired) electrons. The molecule has 0 atom stereocenters. The number of hydrogen-bond acceptors (Lipinski definition) is 3. The highest BCUT2D eigenvalue weighted by molar-refractivity contribution is 5.82. The van der Waals surface area contributed by atoms with E-state index in [-0.39, 0.29) is 6.54 Å². The monoisotopic (exact) mass is 277 g/mol. The highest BCUT2D eigenvalue weighted by Crippen LogP contribution is 2.35. The zero-order chi connectivity index (χ0) is 14.7. The van der Waals surface area contributed by atoms with Crippen LogP contribution in [0.25, 0.3) is 11.1 Å². The number of nitrogens with two attached hydrogens (primary N) is 1. The van der Waals surface area contributed by atoms with Gasteiger partial charge in [0.25, 0.3) is 0 Å². The van der Waals surface area contributed by atoms with Crippen LogP contribution in [0.1, 0.15) is 5.56 Å². The normalized spacial score (nSPS) is 10.4. The molecule has 2 aromatic carbocycles. The molecule has 0 fully saturated rings. The van der Waals surface area contributed by atoms with Crippen molar-refractivity contribution in [3.8, 4) is 11.1 Å². The second kappa shape index (κ2) is 5.88. The second-order valence-corrected chi connectivity index (χ2v) is 4.34. The van der Waals surface area contributed by atoms with Gasteiger partial charge in [0.15, 0.2) is 0 Å². The first-order valence-corrected chi connectivity index (χ1v) is 6.29. The SMILES string of the molecule is CNc1ccc(-c2ccc(F)cc2F)c(CN)c1NC. The Kier molecular flexibility index (Phi) is 4.20. The number of nitrogens with one attached hydrogen (secondary N) is 2. The molecule has 0 heterocycles. The molecule has 4 N–H and O–H groups in total. The van der Waals surface area contributed by atoms with Gasteiger partial charge in [-0.2, -0.15) is 0 Å². The minimum atomic E-state index is -0.598. The predicted octanol–water partition coefficient (Wildman–Crippen LogP) is 3.17. The van der Waals surface area contributed by atoms with Gasteiger partial charge >= 0.3 is 0 Å². The van der Waals surface area contributed by atoms with Gasteiger partial charge < -0.3 is 16.4 Å². The van der Waals surface area contributed by atoms with Gasteiger partial charge in [0.2, 0.25) is 0 Å². The van der Waals surface area contributed by atoms with E-state index >= 15 is 0 Å². The lowest BCUT2D eigenvalue weighted by molar-refractivity contribution is 0.585. The maximum atomic E-state index is 14.0. The number of rotatable bonds is 4. The van der Waals surface area contributed by atoms with Crippen molar-refractivity contribution in [1.29, 1.82) is 0 Å². The molecule has 0 amide bonds. The Bertz CT molecular complexity index is 627. The molecular weight excluding hydrogens is 260 g/mol. The first-order chi connectivity index (χ1) is 9.62. The Balaban J connectivity index is 2.68. The molecule has 2 rings (SSSR count). The van der Waals surface area contributed by atoms with Crippen LogP contribution in [0.4, 0.5) is 20.2 Å². The lowest BCUT2D eigenvalue weighted by atomic mass is 9.96. The summed E-state index contributed by atoms with van der Waals surface area (Å²) in [5, 5.41) is 6.12. The fraction of sp³-hybridized carbons (Fsp3) is 0.200. The summed E-state index contributed by atoms with van der Waals surface area (Å²) in [5.41, 5.74) is 9.28. The van der Waals surface area contributed by atoms with Crippen LogP contribution in [0.2, 0.25) is 0 Å². The van der Waals surface area contributed by atoms with Crippen molar-refractivity contribution < 1.29 is 8.78 Å². The summed E-state index contributed by atoms with van der Waals surface area (Å²) in [7, 11) is 3.58.